The molecule has 0 aromatic heterocycles. The molecule has 3 heteroatoms. The summed E-state index contributed by atoms with van der Waals surface area (Å²) in [6.45, 7) is 10.4. The zero-order chi connectivity index (χ0) is 16.8. The van der Waals surface area contributed by atoms with E-state index in [1.165, 1.54) is 44.9 Å². The van der Waals surface area contributed by atoms with E-state index in [1.54, 1.807) is 0 Å². The molecule has 0 heterocycles. The molecule has 0 bridgehead atoms. The van der Waals surface area contributed by atoms with Gasteiger partial charge in [-0.15, -0.1) is 0 Å². The third-order valence-electron chi connectivity index (χ3n) is 5.20. The molecule has 0 aromatic rings. The smallest absolute Gasteiger partial charge is 0.322 e. The van der Waals surface area contributed by atoms with Crippen LogP contribution in [0.1, 0.15) is 92.4 Å². The van der Waals surface area contributed by atoms with Crippen molar-refractivity contribution in [3.05, 3.63) is 0 Å². The third-order valence-corrected chi connectivity index (χ3v) is 6.40. The van der Waals surface area contributed by atoms with Gasteiger partial charge in [0, 0.05) is 0 Å². The van der Waals surface area contributed by atoms with Gasteiger partial charge < -0.3 is 4.74 Å². The van der Waals surface area contributed by atoms with Gasteiger partial charge in [-0.3, -0.25) is 4.79 Å². The van der Waals surface area contributed by atoms with Gasteiger partial charge in [0.15, 0.2) is 0 Å². The summed E-state index contributed by atoms with van der Waals surface area (Å²) in [5, 5.41) is 0. The van der Waals surface area contributed by atoms with Crippen molar-refractivity contribution < 1.29 is 9.53 Å². The first-order valence-corrected chi connectivity index (χ1v) is 10.2. The lowest BCUT2D eigenvalue weighted by Gasteiger charge is -2.33. The van der Waals surface area contributed by atoms with Gasteiger partial charge in [0.2, 0.25) is 0 Å². The van der Waals surface area contributed by atoms with Gasteiger partial charge in [0.1, 0.15) is 9.02 Å². The summed E-state index contributed by atoms with van der Waals surface area (Å²) in [6.07, 6.45) is 11.3. The molecular formula is C19H35IO2. The predicted molar refractivity (Wildman–Crippen MR) is 102 cm³/mol. The molecule has 0 amide bonds. The molecule has 0 radical (unpaired) electrons. The molecule has 3 unspecified atom stereocenters. The minimum atomic E-state index is -0.397. The molecule has 130 valence electrons. The summed E-state index contributed by atoms with van der Waals surface area (Å²) in [4.78, 5) is 12.3. The largest absolute Gasteiger partial charge is 0.459 e. The lowest BCUT2D eigenvalue weighted by atomic mass is 9.76. The zero-order valence-corrected chi connectivity index (χ0v) is 17.4. The van der Waals surface area contributed by atoms with Gasteiger partial charge in [-0.1, -0.05) is 68.5 Å². The summed E-state index contributed by atoms with van der Waals surface area (Å²) in [5.74, 6) is 1.71. The number of rotatable bonds is 8. The van der Waals surface area contributed by atoms with Crippen molar-refractivity contribution in [2.24, 2.45) is 11.8 Å². The van der Waals surface area contributed by atoms with Gasteiger partial charge in [-0.2, -0.15) is 0 Å². The molecular weight excluding hydrogens is 387 g/mol. The maximum Gasteiger partial charge on any atom is 0.322 e. The maximum absolute atomic E-state index is 12.3. The summed E-state index contributed by atoms with van der Waals surface area (Å²) in [5.41, 5.74) is -0.337. The molecule has 2 nitrogen and oxygen atoms in total. The van der Waals surface area contributed by atoms with Crippen molar-refractivity contribution in [2.75, 3.05) is 0 Å². The summed E-state index contributed by atoms with van der Waals surface area (Å²) in [7, 11) is 0. The molecule has 0 aromatic carbocycles. The van der Waals surface area contributed by atoms with Crippen LogP contribution in [0, 0.1) is 11.8 Å². The van der Waals surface area contributed by atoms with E-state index in [9.17, 15) is 4.79 Å². The van der Waals surface area contributed by atoms with Gasteiger partial charge >= 0.3 is 5.97 Å². The molecule has 1 aliphatic carbocycles. The van der Waals surface area contributed by atoms with Crippen LogP contribution in [0.3, 0.4) is 0 Å². The Kier molecular flexibility index (Phi) is 8.18. The number of carbonyl (C=O) groups excluding carboxylic acids is 1. The lowest BCUT2D eigenvalue weighted by molar-refractivity contribution is -0.159. The normalized spacial score (nSPS) is 25.5. The topological polar surface area (TPSA) is 26.3 Å². The van der Waals surface area contributed by atoms with Crippen LogP contribution in [-0.4, -0.2) is 15.0 Å². The molecule has 3 atom stereocenters. The number of hydrogen-bond acceptors (Lipinski definition) is 2. The second kappa shape index (κ2) is 8.89. The molecule has 0 spiro atoms. The highest BCUT2D eigenvalue weighted by Gasteiger charge is 2.34. The van der Waals surface area contributed by atoms with Crippen LogP contribution < -0.4 is 0 Å². The van der Waals surface area contributed by atoms with E-state index in [0.717, 1.165) is 24.7 Å². The number of ether oxygens (including phenoxy) is 1. The fourth-order valence-corrected chi connectivity index (χ4v) is 3.55. The Morgan fingerprint density at radius 3 is 2.27 bits per heavy atom. The first kappa shape index (κ1) is 20.2. The Morgan fingerprint density at radius 1 is 1.14 bits per heavy atom. The zero-order valence-electron chi connectivity index (χ0n) is 15.2. The number of hydrogen-bond donors (Lipinski definition) is 0. The summed E-state index contributed by atoms with van der Waals surface area (Å²) < 4.78 is 5.42. The Morgan fingerprint density at radius 2 is 1.73 bits per heavy atom. The van der Waals surface area contributed by atoms with Crippen LogP contribution in [-0.2, 0) is 9.53 Å². The molecule has 0 aliphatic heterocycles. The fourth-order valence-electron chi connectivity index (χ4n) is 3.44. The quantitative estimate of drug-likeness (QED) is 0.261. The number of alkyl halides is 1. The summed E-state index contributed by atoms with van der Waals surface area (Å²) >= 11 is 2.21. The van der Waals surface area contributed by atoms with Crippen molar-refractivity contribution >= 4 is 28.6 Å². The Balaban J connectivity index is 2.43. The van der Waals surface area contributed by atoms with E-state index in [1.807, 2.05) is 13.8 Å². The average molecular weight is 422 g/mol. The van der Waals surface area contributed by atoms with Gasteiger partial charge in [-0.05, 0) is 58.3 Å². The Labute approximate surface area is 151 Å². The van der Waals surface area contributed by atoms with E-state index in [-0.39, 0.29) is 11.6 Å². The molecule has 0 N–H and O–H groups in total. The van der Waals surface area contributed by atoms with Crippen LogP contribution >= 0.6 is 22.6 Å². The van der Waals surface area contributed by atoms with E-state index >= 15 is 0 Å². The average Bonchev–Trinajstić information content (AvgIpc) is 2.45. The number of carbonyl (C=O) groups is 1. The monoisotopic (exact) mass is 422 g/mol. The van der Waals surface area contributed by atoms with E-state index in [2.05, 4.69) is 43.4 Å². The SMILES string of the molecule is CCCC1CCCC(CCC(C)(C)OC(=O)C(C)(I)CC)C1. The highest BCUT2D eigenvalue weighted by Crippen LogP contribution is 2.36. The van der Waals surface area contributed by atoms with E-state index in [0.29, 0.717) is 0 Å². The van der Waals surface area contributed by atoms with E-state index in [4.69, 9.17) is 4.74 Å². The highest BCUT2D eigenvalue weighted by molar-refractivity contribution is 14.1. The van der Waals surface area contributed by atoms with Crippen LogP contribution in [0.25, 0.3) is 0 Å². The highest BCUT2D eigenvalue weighted by atomic mass is 127. The van der Waals surface area contributed by atoms with Gasteiger partial charge in [-0.25, -0.2) is 0 Å². The van der Waals surface area contributed by atoms with Crippen molar-refractivity contribution in [1.82, 2.24) is 0 Å². The van der Waals surface area contributed by atoms with Crippen molar-refractivity contribution in [1.29, 1.82) is 0 Å². The maximum atomic E-state index is 12.3. The lowest BCUT2D eigenvalue weighted by Crippen LogP contribution is -2.38. The second-order valence-corrected chi connectivity index (χ2v) is 10.3. The van der Waals surface area contributed by atoms with E-state index < -0.39 is 3.42 Å². The van der Waals surface area contributed by atoms with Crippen LogP contribution in [0.5, 0.6) is 0 Å². The minimum absolute atomic E-state index is 0.0619. The number of halogens is 1. The molecule has 1 rings (SSSR count). The van der Waals surface area contributed by atoms with Crippen molar-refractivity contribution in [3.63, 3.8) is 0 Å². The van der Waals surface area contributed by atoms with Crippen LogP contribution in [0.2, 0.25) is 0 Å². The molecule has 1 fully saturated rings. The van der Waals surface area contributed by atoms with Crippen LogP contribution in [0.4, 0.5) is 0 Å². The Bertz CT molecular complexity index is 347. The Hall–Kier alpha value is 0.200. The first-order valence-electron chi connectivity index (χ1n) is 9.12. The first-order chi connectivity index (χ1) is 10.2. The fraction of sp³-hybridized carbons (Fsp3) is 0.947. The van der Waals surface area contributed by atoms with Gasteiger partial charge in [0.25, 0.3) is 0 Å². The second-order valence-electron chi connectivity index (χ2n) is 7.93. The van der Waals surface area contributed by atoms with Gasteiger partial charge in [0.05, 0.1) is 0 Å². The summed E-state index contributed by atoms with van der Waals surface area (Å²) in [6, 6.07) is 0. The third kappa shape index (κ3) is 6.76. The predicted octanol–water partition coefficient (Wildman–Crippen LogP) is 6.30. The molecule has 1 saturated carbocycles. The number of esters is 1. The molecule has 1 aliphatic rings. The molecule has 22 heavy (non-hydrogen) atoms. The van der Waals surface area contributed by atoms with Crippen molar-refractivity contribution in [3.8, 4) is 0 Å². The molecule has 0 saturated heterocycles. The minimum Gasteiger partial charge on any atom is -0.459 e. The standard InChI is InChI=1S/C19H35IO2/c1-6-9-15-10-8-11-16(14-15)12-13-18(3,4)22-17(21)19(5,20)7-2/h15-16H,6-14H2,1-5H3. The van der Waals surface area contributed by atoms with Crippen LogP contribution in [0.15, 0.2) is 0 Å². The van der Waals surface area contributed by atoms with Crippen molar-refractivity contribution in [2.45, 2.75) is 101 Å².